The Morgan fingerprint density at radius 1 is 0.821 bits per heavy atom. The van der Waals surface area contributed by atoms with Gasteiger partial charge in [0.1, 0.15) is 6.61 Å². The first-order valence-corrected chi connectivity index (χ1v) is 10.2. The molecule has 1 heterocycles. The molecule has 1 N–H and O–H groups in total. The highest BCUT2D eigenvalue weighted by molar-refractivity contribution is 7.93. The van der Waals surface area contributed by atoms with E-state index in [9.17, 15) is 8.42 Å². The summed E-state index contributed by atoms with van der Waals surface area (Å²) in [6.45, 7) is 0.315. The SMILES string of the molecule is O=S(=O)(Nc1ncccc1OCc1ccccc1)c1cccc2ccccc12. The van der Waals surface area contributed by atoms with Crippen molar-refractivity contribution in [2.24, 2.45) is 0 Å². The van der Waals surface area contributed by atoms with Crippen molar-refractivity contribution in [3.63, 3.8) is 0 Å². The van der Waals surface area contributed by atoms with E-state index in [0.717, 1.165) is 10.9 Å². The van der Waals surface area contributed by atoms with Crippen LogP contribution in [0.25, 0.3) is 10.8 Å². The number of benzene rings is 3. The lowest BCUT2D eigenvalue weighted by atomic mass is 10.1. The molecule has 0 aliphatic carbocycles. The van der Waals surface area contributed by atoms with Crippen molar-refractivity contribution in [1.29, 1.82) is 0 Å². The highest BCUT2D eigenvalue weighted by atomic mass is 32.2. The Kier molecular flexibility index (Phi) is 4.95. The fraction of sp³-hybridized carbons (Fsp3) is 0.0455. The number of aromatic nitrogens is 1. The smallest absolute Gasteiger partial charge is 0.263 e. The fourth-order valence-electron chi connectivity index (χ4n) is 2.93. The molecule has 0 saturated carbocycles. The number of fused-ring (bicyclic) bond motifs is 1. The second-order valence-electron chi connectivity index (χ2n) is 6.21. The topological polar surface area (TPSA) is 68.3 Å². The van der Waals surface area contributed by atoms with Gasteiger partial charge in [-0.25, -0.2) is 13.4 Å². The number of sulfonamides is 1. The molecule has 0 aliphatic rings. The van der Waals surface area contributed by atoms with E-state index in [2.05, 4.69) is 9.71 Å². The number of rotatable bonds is 6. The second-order valence-corrected chi connectivity index (χ2v) is 7.86. The molecule has 0 spiro atoms. The molecule has 4 rings (SSSR count). The second kappa shape index (κ2) is 7.70. The van der Waals surface area contributed by atoms with Crippen molar-refractivity contribution in [3.8, 4) is 5.75 Å². The first-order chi connectivity index (χ1) is 13.6. The molecule has 0 saturated heterocycles. The minimum atomic E-state index is -3.84. The lowest BCUT2D eigenvalue weighted by Gasteiger charge is -2.13. The third kappa shape index (κ3) is 3.82. The monoisotopic (exact) mass is 390 g/mol. The molecule has 6 heteroatoms. The molecule has 0 fully saturated rings. The number of nitrogens with one attached hydrogen (secondary N) is 1. The van der Waals surface area contributed by atoms with E-state index < -0.39 is 10.0 Å². The zero-order chi connectivity index (χ0) is 19.4. The lowest BCUT2D eigenvalue weighted by molar-refractivity contribution is 0.307. The highest BCUT2D eigenvalue weighted by Crippen LogP contribution is 2.28. The Bertz CT molecular complexity index is 1200. The summed E-state index contributed by atoms with van der Waals surface area (Å²) in [7, 11) is -3.84. The summed E-state index contributed by atoms with van der Waals surface area (Å²) in [5, 5.41) is 1.51. The average Bonchev–Trinajstić information content (AvgIpc) is 2.73. The van der Waals surface area contributed by atoms with Crippen LogP contribution in [0.1, 0.15) is 5.56 Å². The van der Waals surface area contributed by atoms with E-state index in [0.29, 0.717) is 17.7 Å². The summed E-state index contributed by atoms with van der Waals surface area (Å²) < 4.78 is 34.4. The van der Waals surface area contributed by atoms with Gasteiger partial charge >= 0.3 is 0 Å². The van der Waals surface area contributed by atoms with Crippen molar-refractivity contribution in [2.75, 3.05) is 4.72 Å². The number of ether oxygens (including phenoxy) is 1. The number of hydrogen-bond donors (Lipinski definition) is 1. The van der Waals surface area contributed by atoms with Gasteiger partial charge < -0.3 is 4.74 Å². The Labute approximate surface area is 163 Å². The molecule has 0 bridgehead atoms. The van der Waals surface area contributed by atoms with Crippen molar-refractivity contribution >= 4 is 26.6 Å². The normalized spacial score (nSPS) is 11.3. The van der Waals surface area contributed by atoms with Gasteiger partial charge in [0.2, 0.25) is 0 Å². The van der Waals surface area contributed by atoms with Crippen LogP contribution < -0.4 is 9.46 Å². The molecule has 0 amide bonds. The van der Waals surface area contributed by atoms with Crippen LogP contribution in [0.3, 0.4) is 0 Å². The molecular weight excluding hydrogens is 372 g/mol. The minimum absolute atomic E-state index is 0.159. The van der Waals surface area contributed by atoms with Gasteiger partial charge in [-0.1, -0.05) is 66.7 Å². The zero-order valence-corrected chi connectivity index (χ0v) is 15.8. The minimum Gasteiger partial charge on any atom is -0.485 e. The summed E-state index contributed by atoms with van der Waals surface area (Å²) in [6.07, 6.45) is 1.52. The third-order valence-corrected chi connectivity index (χ3v) is 5.68. The van der Waals surface area contributed by atoms with Gasteiger partial charge in [-0.15, -0.1) is 0 Å². The summed E-state index contributed by atoms with van der Waals surface area (Å²) in [5.41, 5.74) is 0.981. The Hall–Kier alpha value is -3.38. The van der Waals surface area contributed by atoms with Crippen LogP contribution in [0.2, 0.25) is 0 Å². The molecule has 0 atom stereocenters. The largest absolute Gasteiger partial charge is 0.485 e. The maximum absolute atomic E-state index is 13.0. The van der Waals surface area contributed by atoms with Crippen LogP contribution in [0.5, 0.6) is 5.75 Å². The predicted octanol–water partition coefficient (Wildman–Crippen LogP) is 4.61. The maximum Gasteiger partial charge on any atom is 0.263 e. The van der Waals surface area contributed by atoms with E-state index in [4.69, 9.17) is 4.74 Å². The van der Waals surface area contributed by atoms with E-state index in [1.807, 2.05) is 54.6 Å². The zero-order valence-electron chi connectivity index (χ0n) is 14.9. The highest BCUT2D eigenvalue weighted by Gasteiger charge is 2.20. The van der Waals surface area contributed by atoms with Crippen LogP contribution in [-0.2, 0) is 16.6 Å². The fourth-order valence-corrected chi connectivity index (χ4v) is 4.18. The van der Waals surface area contributed by atoms with Crippen molar-refractivity contribution in [2.45, 2.75) is 11.5 Å². The Morgan fingerprint density at radius 3 is 2.43 bits per heavy atom. The molecule has 0 unspecified atom stereocenters. The summed E-state index contributed by atoms with van der Waals surface area (Å²) in [5.74, 6) is 0.529. The molecule has 28 heavy (non-hydrogen) atoms. The third-order valence-electron chi connectivity index (χ3n) is 4.28. The van der Waals surface area contributed by atoms with E-state index in [1.165, 1.54) is 6.20 Å². The predicted molar refractivity (Wildman–Crippen MR) is 110 cm³/mol. The van der Waals surface area contributed by atoms with Gasteiger partial charge in [0, 0.05) is 11.6 Å². The molecule has 1 aromatic heterocycles. The molecule has 0 aliphatic heterocycles. The molecule has 0 radical (unpaired) electrons. The van der Waals surface area contributed by atoms with E-state index in [1.54, 1.807) is 30.3 Å². The lowest BCUT2D eigenvalue weighted by Crippen LogP contribution is -2.15. The van der Waals surface area contributed by atoms with Crippen molar-refractivity contribution in [3.05, 3.63) is 96.7 Å². The molecule has 4 aromatic rings. The first kappa shape index (κ1) is 18.0. The average molecular weight is 390 g/mol. The van der Waals surface area contributed by atoms with Gasteiger partial charge in [-0.05, 0) is 29.1 Å². The van der Waals surface area contributed by atoms with Gasteiger partial charge in [-0.3, -0.25) is 4.72 Å². The van der Waals surface area contributed by atoms with Crippen LogP contribution in [-0.4, -0.2) is 13.4 Å². The Morgan fingerprint density at radius 2 is 1.57 bits per heavy atom. The van der Waals surface area contributed by atoms with Gasteiger partial charge in [0.15, 0.2) is 11.6 Å². The number of pyridine rings is 1. The molecule has 140 valence electrons. The molecule has 5 nitrogen and oxygen atoms in total. The molecule has 3 aromatic carbocycles. The van der Waals surface area contributed by atoms with E-state index >= 15 is 0 Å². The molecular formula is C22H18N2O3S. The quantitative estimate of drug-likeness (QED) is 0.522. The maximum atomic E-state index is 13.0. The summed E-state index contributed by atoms with van der Waals surface area (Å²) in [6, 6.07) is 25.6. The van der Waals surface area contributed by atoms with E-state index in [-0.39, 0.29) is 10.7 Å². The van der Waals surface area contributed by atoms with Gasteiger partial charge in [-0.2, -0.15) is 0 Å². The number of nitrogens with zero attached hydrogens (tertiary/aromatic N) is 1. The van der Waals surface area contributed by atoms with Crippen molar-refractivity contribution in [1.82, 2.24) is 4.98 Å². The van der Waals surface area contributed by atoms with Crippen LogP contribution in [0.15, 0.2) is 96.0 Å². The van der Waals surface area contributed by atoms with Crippen molar-refractivity contribution < 1.29 is 13.2 Å². The Balaban J connectivity index is 1.63. The standard InChI is InChI=1S/C22H18N2O3S/c25-28(26,21-14-6-11-18-10-4-5-12-19(18)21)24-22-20(13-7-15-23-22)27-16-17-8-2-1-3-9-17/h1-15H,16H2,(H,23,24). The van der Waals surface area contributed by atoms with Gasteiger partial charge in [0.05, 0.1) is 4.90 Å². The van der Waals surface area contributed by atoms with Crippen LogP contribution in [0, 0.1) is 0 Å². The van der Waals surface area contributed by atoms with Crippen LogP contribution >= 0.6 is 0 Å². The van der Waals surface area contributed by atoms with Gasteiger partial charge in [0.25, 0.3) is 10.0 Å². The summed E-state index contributed by atoms with van der Waals surface area (Å²) >= 11 is 0. The van der Waals surface area contributed by atoms with Crippen LogP contribution in [0.4, 0.5) is 5.82 Å². The first-order valence-electron chi connectivity index (χ1n) is 8.76. The number of hydrogen-bond acceptors (Lipinski definition) is 4. The summed E-state index contributed by atoms with van der Waals surface area (Å²) in [4.78, 5) is 4.37. The number of anilines is 1.